The van der Waals surface area contributed by atoms with Crippen LogP contribution < -0.4 is 0 Å². The molecule has 2 unspecified atom stereocenters. The molecular weight excluding hydrogens is 278 g/mol. The van der Waals surface area contributed by atoms with E-state index in [9.17, 15) is 13.5 Å². The molecule has 2 heterocycles. The summed E-state index contributed by atoms with van der Waals surface area (Å²) < 4.78 is 32.9. The van der Waals surface area contributed by atoms with Crippen molar-refractivity contribution in [3.8, 4) is 0 Å². The first-order valence-corrected chi connectivity index (χ1v) is 8.48. The summed E-state index contributed by atoms with van der Waals surface area (Å²) in [6, 6.07) is -0.0465. The van der Waals surface area contributed by atoms with Gasteiger partial charge in [0.25, 0.3) is 0 Å². The van der Waals surface area contributed by atoms with Gasteiger partial charge in [0.2, 0.25) is 10.0 Å². The maximum absolute atomic E-state index is 13.0. The largest absolute Gasteiger partial charge is 0.465 e. The number of furan rings is 1. The average molecular weight is 301 g/mol. The van der Waals surface area contributed by atoms with Crippen LogP contribution in [-0.4, -0.2) is 29.9 Å². The van der Waals surface area contributed by atoms with E-state index in [2.05, 4.69) is 0 Å². The number of rotatable bonds is 3. The summed E-state index contributed by atoms with van der Waals surface area (Å²) in [6.45, 7) is 6.87. The van der Waals surface area contributed by atoms with Gasteiger partial charge in [0.1, 0.15) is 16.4 Å². The molecule has 0 spiro atoms. The molecule has 0 saturated carbocycles. The number of hydrogen-bond donors (Lipinski definition) is 1. The first-order chi connectivity index (χ1) is 9.30. The lowest BCUT2D eigenvalue weighted by molar-refractivity contribution is 0.203. The molecule has 1 aromatic rings. The fourth-order valence-electron chi connectivity index (χ4n) is 3.21. The van der Waals surface area contributed by atoms with Gasteiger partial charge in [0, 0.05) is 17.6 Å². The highest BCUT2D eigenvalue weighted by atomic mass is 32.2. The Morgan fingerprint density at radius 3 is 2.25 bits per heavy atom. The van der Waals surface area contributed by atoms with Crippen molar-refractivity contribution in [1.29, 1.82) is 0 Å². The first kappa shape index (κ1) is 15.5. The zero-order valence-corrected chi connectivity index (χ0v) is 13.3. The summed E-state index contributed by atoms with van der Waals surface area (Å²) >= 11 is 0. The van der Waals surface area contributed by atoms with Gasteiger partial charge < -0.3 is 9.52 Å². The Kier molecular flexibility index (Phi) is 4.27. The van der Waals surface area contributed by atoms with Gasteiger partial charge in [-0.2, -0.15) is 4.31 Å². The number of aryl methyl sites for hydroxylation is 2. The van der Waals surface area contributed by atoms with Crippen molar-refractivity contribution in [2.75, 3.05) is 0 Å². The van der Waals surface area contributed by atoms with Crippen LogP contribution in [0.5, 0.6) is 0 Å². The molecule has 1 aliphatic heterocycles. The molecule has 0 aliphatic carbocycles. The Hall–Kier alpha value is -0.850. The second-order valence-corrected chi connectivity index (χ2v) is 7.42. The molecular formula is C14H23NO4S. The molecule has 0 bridgehead atoms. The zero-order valence-electron chi connectivity index (χ0n) is 12.5. The number of piperidine rings is 1. The van der Waals surface area contributed by atoms with E-state index in [1.807, 2.05) is 13.8 Å². The Morgan fingerprint density at radius 2 is 1.75 bits per heavy atom. The van der Waals surface area contributed by atoms with Gasteiger partial charge >= 0.3 is 0 Å². The normalized spacial score (nSPS) is 25.1. The van der Waals surface area contributed by atoms with Crippen LogP contribution in [0, 0.1) is 13.8 Å². The van der Waals surface area contributed by atoms with E-state index in [0.717, 1.165) is 19.3 Å². The number of aliphatic hydroxyl groups is 1. The summed E-state index contributed by atoms with van der Waals surface area (Å²) in [4.78, 5) is 0.151. The van der Waals surface area contributed by atoms with Crippen LogP contribution in [0.25, 0.3) is 0 Å². The molecule has 1 N–H and O–H groups in total. The number of sulfonamides is 1. The minimum atomic E-state index is -3.63. The van der Waals surface area contributed by atoms with Crippen molar-refractivity contribution < 1.29 is 17.9 Å². The highest BCUT2D eigenvalue weighted by Crippen LogP contribution is 2.34. The summed E-state index contributed by atoms with van der Waals surface area (Å²) in [6.07, 6.45) is 2.78. The maximum atomic E-state index is 13.0. The fraction of sp³-hybridized carbons (Fsp3) is 0.714. The maximum Gasteiger partial charge on any atom is 0.247 e. The second-order valence-electron chi connectivity index (χ2n) is 5.64. The fourth-order valence-corrected chi connectivity index (χ4v) is 5.50. The molecule has 0 radical (unpaired) electrons. The monoisotopic (exact) mass is 301 g/mol. The van der Waals surface area contributed by atoms with Crippen molar-refractivity contribution in [1.82, 2.24) is 4.31 Å². The van der Waals surface area contributed by atoms with E-state index in [0.29, 0.717) is 17.1 Å². The first-order valence-electron chi connectivity index (χ1n) is 7.04. The molecule has 2 rings (SSSR count). The van der Waals surface area contributed by atoms with Gasteiger partial charge in [-0.1, -0.05) is 6.42 Å². The molecule has 1 fully saturated rings. The molecule has 5 nitrogen and oxygen atoms in total. The highest BCUT2D eigenvalue weighted by molar-refractivity contribution is 7.89. The molecule has 114 valence electrons. The van der Waals surface area contributed by atoms with Crippen LogP contribution in [-0.2, 0) is 16.6 Å². The Labute approximate surface area is 120 Å². The van der Waals surface area contributed by atoms with E-state index in [-0.39, 0.29) is 23.6 Å². The lowest BCUT2D eigenvalue weighted by atomic mass is 10.0. The van der Waals surface area contributed by atoms with Gasteiger partial charge in [0.15, 0.2) is 0 Å². The third-order valence-corrected chi connectivity index (χ3v) is 6.46. The number of aliphatic hydroxyl groups excluding tert-OH is 1. The van der Waals surface area contributed by atoms with Crippen molar-refractivity contribution in [3.63, 3.8) is 0 Å². The van der Waals surface area contributed by atoms with Crippen LogP contribution in [0.3, 0.4) is 0 Å². The quantitative estimate of drug-likeness (QED) is 0.930. The predicted octanol–water partition coefficient (Wildman–Crippen LogP) is 2.34. The zero-order chi connectivity index (χ0) is 15.1. The minimum Gasteiger partial charge on any atom is -0.465 e. The van der Waals surface area contributed by atoms with Crippen molar-refractivity contribution >= 4 is 10.0 Å². The van der Waals surface area contributed by atoms with Gasteiger partial charge in [-0.05, 0) is 40.5 Å². The number of hydrogen-bond acceptors (Lipinski definition) is 4. The Morgan fingerprint density at radius 1 is 1.20 bits per heavy atom. The summed E-state index contributed by atoms with van der Waals surface area (Å²) in [5, 5.41) is 9.46. The van der Waals surface area contributed by atoms with E-state index in [1.54, 1.807) is 18.2 Å². The molecule has 0 amide bonds. The second kappa shape index (κ2) is 5.50. The van der Waals surface area contributed by atoms with E-state index in [1.165, 1.54) is 0 Å². The van der Waals surface area contributed by atoms with Gasteiger partial charge in [-0.25, -0.2) is 8.42 Å². The Bertz CT molecular complexity index is 581. The third kappa shape index (κ3) is 2.40. The Balaban J connectivity index is 2.55. The molecule has 0 aromatic carbocycles. The highest BCUT2D eigenvalue weighted by Gasteiger charge is 2.39. The summed E-state index contributed by atoms with van der Waals surface area (Å²) in [5.74, 6) is 0.831. The van der Waals surface area contributed by atoms with E-state index < -0.39 is 10.0 Å². The van der Waals surface area contributed by atoms with Crippen LogP contribution in [0.1, 0.15) is 50.2 Å². The molecule has 6 heteroatoms. The van der Waals surface area contributed by atoms with Crippen molar-refractivity contribution in [2.24, 2.45) is 0 Å². The number of nitrogens with zero attached hydrogens (tertiary/aromatic N) is 1. The SMILES string of the molecule is Cc1oc(C)c(S(=O)(=O)N2C(C)CCCC2C)c1CO. The molecule has 1 aromatic heterocycles. The predicted molar refractivity (Wildman–Crippen MR) is 75.9 cm³/mol. The van der Waals surface area contributed by atoms with E-state index >= 15 is 0 Å². The molecule has 1 aliphatic rings. The topological polar surface area (TPSA) is 70.8 Å². The van der Waals surface area contributed by atoms with Gasteiger partial charge in [-0.3, -0.25) is 0 Å². The standard InChI is InChI=1S/C14H23NO4S/c1-9-6-5-7-10(2)15(9)20(17,18)14-12(4)19-11(3)13(14)8-16/h9-10,16H,5-8H2,1-4H3. The van der Waals surface area contributed by atoms with Crippen molar-refractivity contribution in [3.05, 3.63) is 17.1 Å². The summed E-state index contributed by atoms with van der Waals surface area (Å²) in [7, 11) is -3.63. The third-order valence-electron chi connectivity index (χ3n) is 4.13. The lowest BCUT2D eigenvalue weighted by Gasteiger charge is -2.37. The van der Waals surface area contributed by atoms with Crippen LogP contribution in [0.15, 0.2) is 9.31 Å². The smallest absolute Gasteiger partial charge is 0.247 e. The van der Waals surface area contributed by atoms with Gasteiger partial charge in [0.05, 0.1) is 6.61 Å². The average Bonchev–Trinajstić information content (AvgIpc) is 2.63. The minimum absolute atomic E-state index is 0.0232. The molecule has 1 saturated heterocycles. The van der Waals surface area contributed by atoms with Crippen LogP contribution in [0.4, 0.5) is 0 Å². The van der Waals surface area contributed by atoms with E-state index in [4.69, 9.17) is 4.42 Å². The van der Waals surface area contributed by atoms with Crippen LogP contribution >= 0.6 is 0 Å². The summed E-state index contributed by atoms with van der Waals surface area (Å²) in [5.41, 5.74) is 0.382. The molecule has 2 atom stereocenters. The molecule has 20 heavy (non-hydrogen) atoms. The lowest BCUT2D eigenvalue weighted by Crippen LogP contribution is -2.47. The van der Waals surface area contributed by atoms with Crippen molar-refractivity contribution in [2.45, 2.75) is 70.5 Å². The van der Waals surface area contributed by atoms with Gasteiger partial charge in [-0.15, -0.1) is 0 Å². The van der Waals surface area contributed by atoms with Crippen LogP contribution in [0.2, 0.25) is 0 Å².